The van der Waals surface area contributed by atoms with E-state index in [2.05, 4.69) is 32.3 Å². The van der Waals surface area contributed by atoms with Gasteiger partial charge in [0.15, 0.2) is 10.8 Å². The molecule has 0 aromatic rings. The quantitative estimate of drug-likeness (QED) is 0.457. The smallest absolute Gasteiger partial charge is 0.408 e. The summed E-state index contributed by atoms with van der Waals surface area (Å²) in [6.07, 6.45) is 1.72. The van der Waals surface area contributed by atoms with Gasteiger partial charge in [-0.2, -0.15) is 0 Å². The molecule has 0 aromatic heterocycles. The van der Waals surface area contributed by atoms with E-state index in [-0.39, 0.29) is 12.3 Å². The van der Waals surface area contributed by atoms with E-state index in [0.717, 1.165) is 0 Å². The predicted molar refractivity (Wildman–Crippen MR) is 82.3 cm³/mol. The molecule has 124 valence electrons. The molecule has 0 aromatic carbocycles. The van der Waals surface area contributed by atoms with Crippen molar-refractivity contribution in [3.63, 3.8) is 0 Å². The van der Waals surface area contributed by atoms with E-state index in [4.69, 9.17) is 4.74 Å². The number of hydrogen-bond acceptors (Lipinski definition) is 5. The number of nitrogens with zero attached hydrogens (tertiary/aromatic N) is 3. The topological polar surface area (TPSA) is 114 Å². The van der Waals surface area contributed by atoms with Crippen LogP contribution in [0.25, 0.3) is 0 Å². The highest BCUT2D eigenvalue weighted by molar-refractivity contribution is 5.80. The van der Waals surface area contributed by atoms with Gasteiger partial charge in [0.05, 0.1) is 0 Å². The molecule has 1 amide bonds. The van der Waals surface area contributed by atoms with Gasteiger partial charge in [-0.15, -0.1) is 0 Å². The van der Waals surface area contributed by atoms with Crippen molar-refractivity contribution in [3.8, 4) is 11.8 Å². The van der Waals surface area contributed by atoms with Crippen molar-refractivity contribution in [2.75, 3.05) is 7.05 Å². The van der Waals surface area contributed by atoms with Gasteiger partial charge in [-0.1, -0.05) is 5.92 Å². The summed E-state index contributed by atoms with van der Waals surface area (Å²) in [5.74, 6) is 4.39. The highest BCUT2D eigenvalue weighted by atomic mass is 16.6. The summed E-state index contributed by atoms with van der Waals surface area (Å²) in [5.41, 5.74) is -0.191. The first-order valence-electron chi connectivity index (χ1n) is 7.15. The Morgan fingerprint density at radius 2 is 2.26 bits per heavy atom. The molecule has 0 saturated carbocycles. The lowest BCUT2D eigenvalue weighted by Gasteiger charge is -2.23. The van der Waals surface area contributed by atoms with Crippen LogP contribution in [0, 0.1) is 17.8 Å². The number of carboxylic acid groups (broad SMARTS) is 1. The van der Waals surface area contributed by atoms with Crippen LogP contribution >= 0.6 is 0 Å². The average Bonchev–Trinajstić information content (AvgIpc) is 2.43. The normalized spacial score (nSPS) is 17.6. The van der Waals surface area contributed by atoms with E-state index in [0.29, 0.717) is 12.1 Å². The van der Waals surface area contributed by atoms with Gasteiger partial charge in [0.25, 0.3) is 0 Å². The number of carboxylic acids is 1. The molecule has 1 unspecified atom stereocenters. The van der Waals surface area contributed by atoms with Crippen LogP contribution in [0.4, 0.5) is 4.79 Å². The Balaban J connectivity index is 2.64. The summed E-state index contributed by atoms with van der Waals surface area (Å²) in [7, 11) is 1.50. The second-order valence-electron chi connectivity index (χ2n) is 5.95. The van der Waals surface area contributed by atoms with Gasteiger partial charge in [0.1, 0.15) is 23.8 Å². The Bertz CT molecular complexity index is 616. The molecule has 0 saturated heterocycles. The maximum absolute atomic E-state index is 11.7. The van der Waals surface area contributed by atoms with Gasteiger partial charge in [-0.05, 0) is 45.6 Å². The fourth-order valence-corrected chi connectivity index (χ4v) is 1.81. The highest BCUT2D eigenvalue weighted by Crippen LogP contribution is 2.17. The van der Waals surface area contributed by atoms with Gasteiger partial charge in [0.2, 0.25) is 4.91 Å². The number of rotatable bonds is 5. The van der Waals surface area contributed by atoms with Crippen LogP contribution in [0.2, 0.25) is 0 Å². The Labute approximate surface area is 134 Å². The number of ether oxygens (including phenoxy) is 1. The van der Waals surface area contributed by atoms with E-state index < -0.39 is 23.7 Å². The molecular weight excluding hydrogens is 300 g/mol. The lowest BCUT2D eigenvalue weighted by atomic mass is 9.94. The minimum Gasteiger partial charge on any atom is -0.480 e. The number of allylic oxidation sites excluding steroid dienone is 2. The molecule has 0 aliphatic heterocycles. The minimum absolute atomic E-state index is 0.181. The second-order valence-corrected chi connectivity index (χ2v) is 5.95. The van der Waals surface area contributed by atoms with E-state index in [9.17, 15) is 14.7 Å². The number of alkyl carbamates (subject to hydrolysis) is 1. The van der Waals surface area contributed by atoms with Crippen molar-refractivity contribution < 1.29 is 19.4 Å². The fourth-order valence-electron chi connectivity index (χ4n) is 1.81. The van der Waals surface area contributed by atoms with Crippen molar-refractivity contribution in [1.29, 1.82) is 0 Å². The number of amides is 1. The molecule has 2 atom stereocenters. The zero-order chi connectivity index (χ0) is 17.5. The third-order valence-electron chi connectivity index (χ3n) is 2.75. The number of carbonyl (C=O) groups is 2. The number of carbonyl (C=O) groups excluding carboxylic acids is 1. The van der Waals surface area contributed by atoms with Gasteiger partial charge in [0, 0.05) is 5.92 Å². The van der Waals surface area contributed by atoms with E-state index in [1.807, 2.05) is 0 Å². The third kappa shape index (κ3) is 7.25. The van der Waals surface area contributed by atoms with Crippen LogP contribution < -0.4 is 10.2 Å². The molecule has 0 radical (unpaired) electrons. The van der Waals surface area contributed by atoms with Gasteiger partial charge in [-0.3, -0.25) is 0 Å². The van der Waals surface area contributed by atoms with Gasteiger partial charge in [-0.25, -0.2) is 9.59 Å². The Morgan fingerprint density at radius 1 is 1.57 bits per heavy atom. The van der Waals surface area contributed by atoms with E-state index in [1.165, 1.54) is 7.05 Å². The van der Waals surface area contributed by atoms with Crippen molar-refractivity contribution >= 4 is 12.1 Å². The van der Waals surface area contributed by atoms with Crippen molar-refractivity contribution in [2.45, 2.75) is 45.3 Å². The van der Waals surface area contributed by atoms with Crippen molar-refractivity contribution in [2.24, 2.45) is 16.1 Å². The molecule has 23 heavy (non-hydrogen) atoms. The average molecular weight is 321 g/mol. The molecule has 0 fully saturated rings. The summed E-state index contributed by atoms with van der Waals surface area (Å²) in [6, 6.07) is -1.06. The van der Waals surface area contributed by atoms with Crippen LogP contribution in [-0.2, 0) is 9.53 Å². The van der Waals surface area contributed by atoms with Crippen LogP contribution in [0.1, 0.15) is 33.6 Å². The Morgan fingerprint density at radius 3 is 2.74 bits per heavy atom. The summed E-state index contributed by atoms with van der Waals surface area (Å²) >= 11 is 0. The summed E-state index contributed by atoms with van der Waals surface area (Å²) in [5, 5.41) is 18.9. The number of nitrogens with one attached hydrogen (secondary N) is 1. The Kier molecular flexibility index (Phi) is 6.49. The highest BCUT2D eigenvalue weighted by Gasteiger charge is 2.26. The molecule has 0 spiro atoms. The molecule has 1 aliphatic rings. The second kappa shape index (κ2) is 8.11. The lowest BCUT2D eigenvalue weighted by molar-refractivity contribution is -0.139. The molecular formula is C15H21N4O4+. The van der Waals surface area contributed by atoms with E-state index in [1.54, 1.807) is 26.8 Å². The Hall–Kier alpha value is -2.65. The zero-order valence-electron chi connectivity index (χ0n) is 13.7. The molecule has 0 bridgehead atoms. The van der Waals surface area contributed by atoms with Crippen LogP contribution in [0.5, 0.6) is 0 Å². The predicted octanol–water partition coefficient (Wildman–Crippen LogP) is 1.86. The minimum atomic E-state index is -1.13. The molecule has 8 heteroatoms. The summed E-state index contributed by atoms with van der Waals surface area (Å²) in [4.78, 5) is 26.5. The largest absolute Gasteiger partial charge is 0.480 e. The fraction of sp³-hybridized carbons (Fsp3) is 0.600. The van der Waals surface area contributed by atoms with E-state index >= 15 is 0 Å². The molecule has 1 rings (SSSR count). The van der Waals surface area contributed by atoms with Crippen LogP contribution in [-0.4, -0.2) is 35.9 Å². The van der Waals surface area contributed by atoms with Crippen molar-refractivity contribution in [1.82, 2.24) is 10.2 Å². The van der Waals surface area contributed by atoms with Crippen LogP contribution in [0.3, 0.4) is 0 Å². The molecule has 8 nitrogen and oxygen atoms in total. The monoisotopic (exact) mass is 321 g/mol. The first kappa shape index (κ1) is 18.4. The third-order valence-corrected chi connectivity index (χ3v) is 2.75. The number of hydrogen-bond donors (Lipinski definition) is 2. The maximum Gasteiger partial charge on any atom is 0.408 e. The first-order chi connectivity index (χ1) is 10.7. The van der Waals surface area contributed by atoms with Gasteiger partial charge < -0.3 is 15.2 Å². The molecule has 0 heterocycles. The summed E-state index contributed by atoms with van der Waals surface area (Å²) < 4.78 is 5.07. The maximum atomic E-state index is 11.7. The van der Waals surface area contributed by atoms with Gasteiger partial charge >= 0.3 is 12.1 Å². The molecule has 1 aliphatic carbocycles. The summed E-state index contributed by atoms with van der Waals surface area (Å²) in [6.45, 7) is 5.12. The zero-order valence-corrected chi connectivity index (χ0v) is 13.7. The lowest BCUT2D eigenvalue weighted by Crippen LogP contribution is -2.44. The SMILES string of the molecule is CN=[N+]=NC1=CCC(C[C@H](NC(=O)OC(C)(C)C)C(=O)O)C#C1. The van der Waals surface area contributed by atoms with Crippen molar-refractivity contribution in [3.05, 3.63) is 11.8 Å². The number of aliphatic carboxylic acids is 1. The van der Waals surface area contributed by atoms with Crippen LogP contribution in [0.15, 0.2) is 22.0 Å². The standard InChI is InChI=1S/C15H20N4O4/c1-15(2,3)23-14(22)17-12(13(20)21)9-10-5-7-11(8-6-10)18-19-16-4/h7,10,12H,5,9H2,1-4H3,(H-,17,20,21,22)/p+1/t10?,12-/m0/s1. The first-order valence-corrected chi connectivity index (χ1v) is 7.15. The molecule has 2 N–H and O–H groups in total.